The smallest absolute Gasteiger partial charge is 0.0702 e. The molecular formula is C14H16BrClN2S. The lowest BCUT2D eigenvalue weighted by Gasteiger charge is -2.26. The van der Waals surface area contributed by atoms with Crippen LogP contribution >= 0.6 is 38.9 Å². The van der Waals surface area contributed by atoms with Gasteiger partial charge >= 0.3 is 0 Å². The highest BCUT2D eigenvalue weighted by Gasteiger charge is 2.18. The molecule has 0 aliphatic heterocycles. The SMILES string of the molecule is CN(Cc1ccccc1Cl)C(CN)c1ccc(Br)s1. The van der Waals surface area contributed by atoms with E-state index in [1.54, 1.807) is 11.3 Å². The standard InChI is InChI=1S/C14H16BrClN2S/c1-18(9-10-4-2-3-5-11(10)16)12(8-17)13-6-7-14(15)19-13/h2-7,12H,8-9,17H2,1H3. The molecule has 0 aliphatic rings. The molecule has 0 amide bonds. The van der Waals surface area contributed by atoms with Gasteiger partial charge in [0.2, 0.25) is 0 Å². The fourth-order valence-electron chi connectivity index (χ4n) is 2.03. The first-order valence-electron chi connectivity index (χ1n) is 6.00. The summed E-state index contributed by atoms with van der Waals surface area (Å²) in [4.78, 5) is 3.50. The number of nitrogens with two attached hydrogens (primary N) is 1. The quantitative estimate of drug-likeness (QED) is 0.862. The molecule has 1 atom stereocenters. The maximum Gasteiger partial charge on any atom is 0.0702 e. The molecule has 0 spiro atoms. The van der Waals surface area contributed by atoms with Crippen molar-refractivity contribution in [3.63, 3.8) is 0 Å². The summed E-state index contributed by atoms with van der Waals surface area (Å²) in [6.45, 7) is 1.38. The van der Waals surface area contributed by atoms with Crippen molar-refractivity contribution < 1.29 is 0 Å². The minimum absolute atomic E-state index is 0.215. The number of rotatable bonds is 5. The molecule has 1 heterocycles. The van der Waals surface area contributed by atoms with Crippen LogP contribution in [0.4, 0.5) is 0 Å². The lowest BCUT2D eigenvalue weighted by molar-refractivity contribution is 0.245. The maximum atomic E-state index is 6.20. The Morgan fingerprint density at radius 3 is 2.63 bits per heavy atom. The normalized spacial score (nSPS) is 12.9. The van der Waals surface area contributed by atoms with E-state index in [2.05, 4.69) is 46.1 Å². The molecule has 19 heavy (non-hydrogen) atoms. The Labute approximate surface area is 131 Å². The van der Waals surface area contributed by atoms with Crippen LogP contribution in [0.3, 0.4) is 0 Å². The van der Waals surface area contributed by atoms with E-state index in [-0.39, 0.29) is 6.04 Å². The molecule has 102 valence electrons. The molecule has 5 heteroatoms. The first kappa shape index (κ1) is 15.0. The van der Waals surface area contributed by atoms with Crippen LogP contribution in [0, 0.1) is 0 Å². The van der Waals surface area contributed by atoms with Crippen molar-refractivity contribution in [3.05, 3.63) is 55.6 Å². The largest absolute Gasteiger partial charge is 0.329 e. The third-order valence-corrected chi connectivity index (χ3v) is 5.15. The van der Waals surface area contributed by atoms with Gasteiger partial charge in [-0.2, -0.15) is 0 Å². The van der Waals surface area contributed by atoms with Crippen molar-refractivity contribution in [2.45, 2.75) is 12.6 Å². The molecule has 2 N–H and O–H groups in total. The third-order valence-electron chi connectivity index (χ3n) is 3.06. The summed E-state index contributed by atoms with van der Waals surface area (Å²) < 4.78 is 1.13. The van der Waals surface area contributed by atoms with Gasteiger partial charge in [0.25, 0.3) is 0 Å². The van der Waals surface area contributed by atoms with Gasteiger partial charge in [-0.25, -0.2) is 0 Å². The Hall–Kier alpha value is -0.390. The number of thiophene rings is 1. The fraction of sp³-hybridized carbons (Fsp3) is 0.286. The summed E-state index contributed by atoms with van der Waals surface area (Å²) in [5.74, 6) is 0. The van der Waals surface area contributed by atoms with Crippen LogP contribution in [0.1, 0.15) is 16.5 Å². The van der Waals surface area contributed by atoms with Crippen LogP contribution in [-0.2, 0) is 6.54 Å². The maximum absolute atomic E-state index is 6.20. The average molecular weight is 360 g/mol. The first-order valence-corrected chi connectivity index (χ1v) is 7.99. The minimum Gasteiger partial charge on any atom is -0.329 e. The van der Waals surface area contributed by atoms with E-state index in [1.807, 2.05) is 18.2 Å². The lowest BCUT2D eigenvalue weighted by Crippen LogP contribution is -2.29. The average Bonchev–Trinajstić information content (AvgIpc) is 2.80. The Balaban J connectivity index is 2.13. The monoisotopic (exact) mass is 358 g/mol. The van der Waals surface area contributed by atoms with Gasteiger partial charge in [-0.3, -0.25) is 4.90 Å². The Morgan fingerprint density at radius 1 is 1.32 bits per heavy atom. The molecule has 0 saturated carbocycles. The molecular weight excluding hydrogens is 344 g/mol. The summed E-state index contributed by atoms with van der Waals surface area (Å²) >= 11 is 11.4. The van der Waals surface area contributed by atoms with Crippen molar-refractivity contribution in [1.29, 1.82) is 0 Å². The van der Waals surface area contributed by atoms with Crippen LogP contribution in [0.2, 0.25) is 5.02 Å². The summed E-state index contributed by atoms with van der Waals surface area (Å²) in [7, 11) is 2.08. The Bertz CT molecular complexity index is 544. The van der Waals surface area contributed by atoms with Crippen LogP contribution in [0.15, 0.2) is 40.2 Å². The van der Waals surface area contributed by atoms with Crippen molar-refractivity contribution in [1.82, 2.24) is 4.90 Å². The summed E-state index contributed by atoms with van der Waals surface area (Å²) in [5.41, 5.74) is 7.05. The molecule has 0 saturated heterocycles. The van der Waals surface area contributed by atoms with Gasteiger partial charge in [0.15, 0.2) is 0 Å². The highest BCUT2D eigenvalue weighted by atomic mass is 79.9. The molecule has 0 bridgehead atoms. The highest BCUT2D eigenvalue weighted by molar-refractivity contribution is 9.11. The van der Waals surface area contributed by atoms with Crippen molar-refractivity contribution in [2.75, 3.05) is 13.6 Å². The molecule has 0 radical (unpaired) electrons. The van der Waals surface area contributed by atoms with Crippen LogP contribution in [0.25, 0.3) is 0 Å². The van der Waals surface area contributed by atoms with E-state index in [1.165, 1.54) is 4.88 Å². The molecule has 2 rings (SSSR count). The summed E-state index contributed by atoms with van der Waals surface area (Å²) in [6, 6.07) is 12.3. The third kappa shape index (κ3) is 3.80. The second-order valence-electron chi connectivity index (χ2n) is 4.40. The number of halogens is 2. The zero-order valence-electron chi connectivity index (χ0n) is 10.6. The predicted molar refractivity (Wildman–Crippen MR) is 86.7 cm³/mol. The zero-order chi connectivity index (χ0) is 13.8. The second-order valence-corrected chi connectivity index (χ2v) is 7.30. The van der Waals surface area contributed by atoms with Gasteiger partial charge < -0.3 is 5.73 Å². The van der Waals surface area contributed by atoms with Crippen molar-refractivity contribution in [2.24, 2.45) is 5.73 Å². The highest BCUT2D eigenvalue weighted by Crippen LogP contribution is 2.31. The molecule has 1 unspecified atom stereocenters. The van der Waals surface area contributed by atoms with Gasteiger partial charge in [-0.05, 0) is 46.7 Å². The summed E-state index contributed by atoms with van der Waals surface area (Å²) in [6.07, 6.45) is 0. The molecule has 0 fully saturated rings. The van der Waals surface area contributed by atoms with E-state index < -0.39 is 0 Å². The van der Waals surface area contributed by atoms with Crippen molar-refractivity contribution in [3.8, 4) is 0 Å². The molecule has 1 aromatic carbocycles. The van der Waals surface area contributed by atoms with Gasteiger partial charge in [0.1, 0.15) is 0 Å². The fourth-order valence-corrected chi connectivity index (χ4v) is 3.82. The Morgan fingerprint density at radius 2 is 2.05 bits per heavy atom. The number of hydrogen-bond donors (Lipinski definition) is 1. The molecule has 0 aliphatic carbocycles. The van der Waals surface area contributed by atoms with Crippen LogP contribution in [-0.4, -0.2) is 18.5 Å². The summed E-state index contributed by atoms with van der Waals surface area (Å²) in [5, 5.41) is 0.803. The zero-order valence-corrected chi connectivity index (χ0v) is 13.8. The second kappa shape index (κ2) is 6.86. The number of benzene rings is 1. The lowest BCUT2D eigenvalue weighted by atomic mass is 10.1. The number of nitrogens with zero attached hydrogens (tertiary/aromatic N) is 1. The number of hydrogen-bond acceptors (Lipinski definition) is 3. The van der Waals surface area contributed by atoms with Gasteiger partial charge in [0, 0.05) is 23.0 Å². The predicted octanol–water partition coefficient (Wildman–Crippen LogP) is 4.30. The van der Waals surface area contributed by atoms with Crippen molar-refractivity contribution >= 4 is 38.9 Å². The first-order chi connectivity index (χ1) is 9.11. The van der Waals surface area contributed by atoms with E-state index in [0.717, 1.165) is 20.9 Å². The Kier molecular flexibility index (Phi) is 5.42. The van der Waals surface area contributed by atoms with E-state index in [0.29, 0.717) is 6.54 Å². The van der Waals surface area contributed by atoms with Gasteiger partial charge in [-0.15, -0.1) is 11.3 Å². The minimum atomic E-state index is 0.215. The van der Waals surface area contributed by atoms with Crippen LogP contribution < -0.4 is 5.73 Å². The van der Waals surface area contributed by atoms with E-state index >= 15 is 0 Å². The van der Waals surface area contributed by atoms with Gasteiger partial charge in [-0.1, -0.05) is 29.8 Å². The molecule has 2 nitrogen and oxygen atoms in total. The van der Waals surface area contributed by atoms with Crippen LogP contribution in [0.5, 0.6) is 0 Å². The molecule has 2 aromatic rings. The van der Waals surface area contributed by atoms with Gasteiger partial charge in [0.05, 0.1) is 9.83 Å². The topological polar surface area (TPSA) is 29.3 Å². The number of likely N-dealkylation sites (N-methyl/N-ethyl adjacent to an activating group) is 1. The van der Waals surface area contributed by atoms with E-state index in [9.17, 15) is 0 Å². The molecule has 1 aromatic heterocycles. The van der Waals surface area contributed by atoms with E-state index in [4.69, 9.17) is 17.3 Å².